The van der Waals surface area contributed by atoms with Crippen LogP contribution in [0.1, 0.15) is 22.2 Å². The minimum absolute atomic E-state index is 0.122. The van der Waals surface area contributed by atoms with E-state index in [-0.39, 0.29) is 19.1 Å². The molecule has 1 fully saturated rings. The van der Waals surface area contributed by atoms with Gasteiger partial charge >= 0.3 is 6.03 Å². The molecule has 1 atom stereocenters. The van der Waals surface area contributed by atoms with Crippen molar-refractivity contribution in [2.75, 3.05) is 13.3 Å². The molecule has 2 aromatic rings. The van der Waals surface area contributed by atoms with Gasteiger partial charge in [-0.1, -0.05) is 12.1 Å². The molecular weight excluding hydrogens is 344 g/mol. The van der Waals surface area contributed by atoms with Crippen molar-refractivity contribution in [2.24, 2.45) is 0 Å². The third kappa shape index (κ3) is 2.45. The van der Waals surface area contributed by atoms with Gasteiger partial charge in [-0.15, -0.1) is 11.3 Å². The number of carbonyl (C=O) groups excluding carboxylic acids is 3. The quantitative estimate of drug-likeness (QED) is 0.668. The molecule has 0 radical (unpaired) electrons. The van der Waals surface area contributed by atoms with Gasteiger partial charge in [-0.05, 0) is 36.1 Å². The van der Waals surface area contributed by atoms with E-state index in [9.17, 15) is 14.4 Å². The van der Waals surface area contributed by atoms with Gasteiger partial charge in [-0.3, -0.25) is 14.5 Å². The van der Waals surface area contributed by atoms with Crippen LogP contribution in [0, 0.1) is 0 Å². The lowest BCUT2D eigenvalue weighted by atomic mass is 9.91. The van der Waals surface area contributed by atoms with Crippen molar-refractivity contribution in [1.82, 2.24) is 10.2 Å². The van der Waals surface area contributed by atoms with Gasteiger partial charge in [0.2, 0.25) is 6.79 Å². The Bertz CT molecular complexity index is 879. The first-order chi connectivity index (χ1) is 12.0. The van der Waals surface area contributed by atoms with E-state index in [2.05, 4.69) is 5.32 Å². The molecule has 0 bridgehead atoms. The van der Waals surface area contributed by atoms with Crippen LogP contribution in [-0.2, 0) is 10.3 Å². The van der Waals surface area contributed by atoms with Crippen LogP contribution in [0.3, 0.4) is 0 Å². The summed E-state index contributed by atoms with van der Waals surface area (Å²) >= 11 is 1.28. The highest BCUT2D eigenvalue weighted by atomic mass is 32.1. The topological polar surface area (TPSA) is 84.9 Å². The second-order valence-electron chi connectivity index (χ2n) is 5.91. The molecule has 1 aromatic heterocycles. The van der Waals surface area contributed by atoms with Crippen molar-refractivity contribution >= 4 is 29.1 Å². The summed E-state index contributed by atoms with van der Waals surface area (Å²) in [5, 5.41) is 4.45. The average Bonchev–Trinajstić information content (AvgIpc) is 3.31. The Hall–Kier alpha value is -2.87. The maximum Gasteiger partial charge on any atom is 0.325 e. The zero-order valence-corrected chi connectivity index (χ0v) is 14.1. The maximum atomic E-state index is 12.9. The lowest BCUT2D eigenvalue weighted by Gasteiger charge is -2.22. The summed E-state index contributed by atoms with van der Waals surface area (Å²) in [4.78, 5) is 38.9. The van der Waals surface area contributed by atoms with Gasteiger partial charge in [-0.2, -0.15) is 0 Å². The smallest absolute Gasteiger partial charge is 0.325 e. The van der Waals surface area contributed by atoms with Gasteiger partial charge < -0.3 is 14.8 Å². The molecule has 1 aromatic carbocycles. The number of imide groups is 1. The van der Waals surface area contributed by atoms with Crippen molar-refractivity contribution in [3.63, 3.8) is 0 Å². The Morgan fingerprint density at radius 3 is 2.84 bits per heavy atom. The summed E-state index contributed by atoms with van der Waals surface area (Å²) in [5.41, 5.74) is -0.686. The van der Waals surface area contributed by atoms with Crippen molar-refractivity contribution in [2.45, 2.75) is 12.5 Å². The summed E-state index contributed by atoms with van der Waals surface area (Å²) in [6.45, 7) is 1.45. The highest BCUT2D eigenvalue weighted by molar-refractivity contribution is 7.12. The number of nitrogens with zero attached hydrogens (tertiary/aromatic N) is 1. The number of urea groups is 1. The van der Waals surface area contributed by atoms with Crippen molar-refractivity contribution in [3.05, 3.63) is 46.2 Å². The first-order valence-corrected chi connectivity index (χ1v) is 8.48. The van der Waals surface area contributed by atoms with Gasteiger partial charge in [0.05, 0.1) is 11.4 Å². The van der Waals surface area contributed by atoms with Crippen LogP contribution < -0.4 is 14.8 Å². The van der Waals surface area contributed by atoms with Gasteiger partial charge in [0.1, 0.15) is 5.54 Å². The van der Waals surface area contributed by atoms with Gasteiger partial charge in [-0.25, -0.2) is 4.79 Å². The molecule has 1 unspecified atom stereocenters. The fourth-order valence-electron chi connectivity index (χ4n) is 2.90. The molecule has 1 N–H and O–H groups in total. The lowest BCUT2D eigenvalue weighted by molar-refractivity contribution is -0.130. The van der Waals surface area contributed by atoms with Crippen molar-refractivity contribution in [1.29, 1.82) is 0 Å². The van der Waals surface area contributed by atoms with Gasteiger partial charge in [0.15, 0.2) is 17.3 Å². The zero-order chi connectivity index (χ0) is 17.6. The van der Waals surface area contributed by atoms with Crippen LogP contribution >= 0.6 is 11.3 Å². The SMILES string of the molecule is CC1(c2ccc3c(c2)OCO3)NC(=O)N(CC(=O)c2cccs2)C1=O. The number of Topliss-reactive ketones (excluding diaryl/α,β-unsaturated/α-hetero) is 1. The van der Waals surface area contributed by atoms with Crippen LogP contribution in [0.2, 0.25) is 0 Å². The number of benzene rings is 1. The standard InChI is InChI=1S/C17H14N2O5S/c1-17(10-4-5-12-13(7-10)24-9-23-12)15(21)19(16(22)18-17)8-11(20)14-3-2-6-25-14/h2-7H,8-9H2,1H3,(H,18,22). The average molecular weight is 358 g/mol. The van der Waals surface area contributed by atoms with Gasteiger partial charge in [0, 0.05) is 0 Å². The molecule has 2 aliphatic heterocycles. The van der Waals surface area contributed by atoms with E-state index in [4.69, 9.17) is 9.47 Å². The number of ketones is 1. The van der Waals surface area contributed by atoms with Crippen molar-refractivity contribution < 1.29 is 23.9 Å². The molecular formula is C17H14N2O5S. The molecule has 25 heavy (non-hydrogen) atoms. The van der Waals surface area contributed by atoms with E-state index in [1.807, 2.05) is 0 Å². The fourth-order valence-corrected chi connectivity index (χ4v) is 3.56. The number of thiophene rings is 1. The predicted octanol–water partition coefficient (Wildman–Crippen LogP) is 2.13. The predicted molar refractivity (Wildman–Crippen MR) is 88.8 cm³/mol. The summed E-state index contributed by atoms with van der Waals surface area (Å²) in [6, 6.07) is 7.90. The molecule has 2 aliphatic rings. The lowest BCUT2D eigenvalue weighted by Crippen LogP contribution is -2.41. The molecule has 0 aliphatic carbocycles. The number of amides is 3. The normalized spacial score (nSPS) is 21.6. The van der Waals surface area contributed by atoms with Crippen LogP contribution in [0.5, 0.6) is 11.5 Å². The fraction of sp³-hybridized carbons (Fsp3) is 0.235. The van der Waals surface area contributed by atoms with E-state index >= 15 is 0 Å². The Labute approximate surface area is 147 Å². The number of hydrogen-bond donors (Lipinski definition) is 1. The third-order valence-electron chi connectivity index (χ3n) is 4.32. The first-order valence-electron chi connectivity index (χ1n) is 7.60. The molecule has 128 valence electrons. The molecule has 7 nitrogen and oxygen atoms in total. The maximum absolute atomic E-state index is 12.9. The van der Waals surface area contributed by atoms with Gasteiger partial charge in [0.25, 0.3) is 5.91 Å². The second-order valence-corrected chi connectivity index (χ2v) is 6.86. The molecule has 8 heteroatoms. The monoisotopic (exact) mass is 358 g/mol. The minimum Gasteiger partial charge on any atom is -0.454 e. The van der Waals surface area contributed by atoms with E-state index in [0.717, 1.165) is 4.90 Å². The summed E-state index contributed by atoms with van der Waals surface area (Å²) in [7, 11) is 0. The number of rotatable bonds is 4. The largest absolute Gasteiger partial charge is 0.454 e. The van der Waals surface area contributed by atoms with Crippen LogP contribution in [0.25, 0.3) is 0 Å². The molecule has 3 heterocycles. The van der Waals surface area contributed by atoms with E-state index in [0.29, 0.717) is 21.9 Å². The van der Waals surface area contributed by atoms with E-state index in [1.165, 1.54) is 11.3 Å². The molecule has 0 spiro atoms. The molecule has 3 amide bonds. The molecule has 0 saturated carbocycles. The number of nitrogens with one attached hydrogen (secondary N) is 1. The Balaban J connectivity index is 1.60. The first kappa shape index (κ1) is 15.6. The molecule has 1 saturated heterocycles. The van der Waals surface area contributed by atoms with Crippen LogP contribution in [0.15, 0.2) is 35.7 Å². The number of fused-ring (bicyclic) bond motifs is 1. The second kappa shape index (κ2) is 5.59. The highest BCUT2D eigenvalue weighted by Crippen LogP contribution is 2.37. The number of hydrogen-bond acceptors (Lipinski definition) is 6. The summed E-state index contributed by atoms with van der Waals surface area (Å²) in [5.74, 6) is 0.373. The minimum atomic E-state index is -1.26. The molecule has 4 rings (SSSR count). The number of carbonyl (C=O) groups is 3. The Morgan fingerprint density at radius 2 is 2.08 bits per heavy atom. The van der Waals surface area contributed by atoms with Crippen LogP contribution in [-0.4, -0.2) is 36.0 Å². The third-order valence-corrected chi connectivity index (χ3v) is 5.23. The Morgan fingerprint density at radius 1 is 1.28 bits per heavy atom. The zero-order valence-electron chi connectivity index (χ0n) is 13.3. The highest BCUT2D eigenvalue weighted by Gasteiger charge is 2.49. The summed E-state index contributed by atoms with van der Waals surface area (Å²) in [6.07, 6.45) is 0. The van der Waals surface area contributed by atoms with Crippen LogP contribution in [0.4, 0.5) is 4.79 Å². The summed E-state index contributed by atoms with van der Waals surface area (Å²) < 4.78 is 10.6. The van der Waals surface area contributed by atoms with E-state index < -0.39 is 17.5 Å². The Kier molecular flexibility index (Phi) is 3.50. The number of ether oxygens (including phenoxy) is 2. The van der Waals surface area contributed by atoms with Crippen molar-refractivity contribution in [3.8, 4) is 11.5 Å². The van der Waals surface area contributed by atoms with E-state index in [1.54, 1.807) is 42.6 Å².